The number of aliphatic hydroxyl groups is 2. The molecular formula is C20H30O2. The molecule has 0 radical (unpaired) electrons. The molecule has 0 aliphatic heterocycles. The Morgan fingerprint density at radius 3 is 1.36 bits per heavy atom. The average Bonchev–Trinajstić information content (AvgIpc) is 2.50. The van der Waals surface area contributed by atoms with Crippen LogP contribution in [0.3, 0.4) is 0 Å². The maximum absolute atomic E-state index is 10.9. The third-order valence-corrected chi connectivity index (χ3v) is 5.73. The number of benzene rings is 1. The van der Waals surface area contributed by atoms with Gasteiger partial charge in [0, 0.05) is 12.8 Å². The summed E-state index contributed by atoms with van der Waals surface area (Å²) in [5.74, 6) is 0. The highest BCUT2D eigenvalue weighted by atomic mass is 16.3. The van der Waals surface area contributed by atoms with Crippen LogP contribution in [-0.2, 0) is 12.8 Å². The molecule has 22 heavy (non-hydrogen) atoms. The van der Waals surface area contributed by atoms with Crippen LogP contribution in [0.5, 0.6) is 0 Å². The van der Waals surface area contributed by atoms with E-state index >= 15 is 0 Å². The van der Waals surface area contributed by atoms with Crippen LogP contribution in [0, 0.1) is 0 Å². The second-order valence-corrected chi connectivity index (χ2v) is 7.69. The van der Waals surface area contributed by atoms with Crippen molar-refractivity contribution in [2.75, 3.05) is 0 Å². The summed E-state index contributed by atoms with van der Waals surface area (Å²) in [5.41, 5.74) is 1.43. The van der Waals surface area contributed by atoms with E-state index in [9.17, 15) is 10.2 Å². The minimum Gasteiger partial charge on any atom is -0.390 e. The van der Waals surface area contributed by atoms with Gasteiger partial charge in [0.15, 0.2) is 0 Å². The smallest absolute Gasteiger partial charge is 0.0688 e. The highest BCUT2D eigenvalue weighted by Gasteiger charge is 2.33. The lowest BCUT2D eigenvalue weighted by Gasteiger charge is -2.35. The average molecular weight is 302 g/mol. The van der Waals surface area contributed by atoms with Crippen molar-refractivity contribution < 1.29 is 10.2 Å². The summed E-state index contributed by atoms with van der Waals surface area (Å²) in [4.78, 5) is 0. The van der Waals surface area contributed by atoms with E-state index in [4.69, 9.17) is 0 Å². The van der Waals surface area contributed by atoms with Gasteiger partial charge in [0.2, 0.25) is 0 Å². The van der Waals surface area contributed by atoms with Crippen LogP contribution in [0.25, 0.3) is 0 Å². The van der Waals surface area contributed by atoms with E-state index in [1.54, 1.807) is 0 Å². The molecule has 2 heteroatoms. The molecule has 3 rings (SSSR count). The molecule has 2 nitrogen and oxygen atoms in total. The Hall–Kier alpha value is -0.860. The van der Waals surface area contributed by atoms with Gasteiger partial charge in [-0.05, 0) is 36.8 Å². The van der Waals surface area contributed by atoms with Gasteiger partial charge in [-0.1, -0.05) is 62.8 Å². The standard InChI is InChI=1S/C20H30O2/c21-19(11-5-1-6-12-19)15-17-9-3-4-10-18(17)16-20(22)13-7-2-8-14-20/h3-4,9-10,21-22H,1-2,5-8,11-16H2. The highest BCUT2D eigenvalue weighted by molar-refractivity contribution is 5.30. The van der Waals surface area contributed by atoms with Gasteiger partial charge >= 0.3 is 0 Å². The van der Waals surface area contributed by atoms with E-state index in [0.29, 0.717) is 0 Å². The molecule has 2 N–H and O–H groups in total. The molecule has 0 saturated heterocycles. The first-order valence-electron chi connectivity index (χ1n) is 9.10. The molecule has 0 bridgehead atoms. The summed E-state index contributed by atoms with van der Waals surface area (Å²) in [6.45, 7) is 0. The minimum atomic E-state index is -0.524. The molecule has 0 unspecified atom stereocenters. The molecule has 1 aromatic carbocycles. The zero-order chi connectivity index (χ0) is 15.5. The lowest BCUT2D eigenvalue weighted by atomic mass is 9.76. The van der Waals surface area contributed by atoms with Crippen LogP contribution in [0.15, 0.2) is 24.3 Å². The zero-order valence-electron chi connectivity index (χ0n) is 13.7. The third-order valence-electron chi connectivity index (χ3n) is 5.73. The van der Waals surface area contributed by atoms with Gasteiger partial charge in [-0.25, -0.2) is 0 Å². The second kappa shape index (κ2) is 6.72. The SMILES string of the molecule is OC1(Cc2ccccc2CC2(O)CCCCC2)CCCCC1. The van der Waals surface area contributed by atoms with E-state index in [0.717, 1.165) is 64.2 Å². The summed E-state index contributed by atoms with van der Waals surface area (Å²) in [6, 6.07) is 8.42. The van der Waals surface area contributed by atoms with Crippen molar-refractivity contribution in [2.45, 2.75) is 88.3 Å². The van der Waals surface area contributed by atoms with Crippen molar-refractivity contribution in [3.8, 4) is 0 Å². The maximum atomic E-state index is 10.9. The zero-order valence-corrected chi connectivity index (χ0v) is 13.7. The van der Waals surface area contributed by atoms with E-state index < -0.39 is 11.2 Å². The van der Waals surface area contributed by atoms with Crippen LogP contribution in [0.2, 0.25) is 0 Å². The first kappa shape index (κ1) is 16.0. The van der Waals surface area contributed by atoms with Crippen molar-refractivity contribution >= 4 is 0 Å². The van der Waals surface area contributed by atoms with Crippen LogP contribution >= 0.6 is 0 Å². The minimum absolute atomic E-state index is 0.524. The lowest BCUT2D eigenvalue weighted by Crippen LogP contribution is -2.36. The molecular weight excluding hydrogens is 272 g/mol. The van der Waals surface area contributed by atoms with E-state index in [1.807, 2.05) is 0 Å². The van der Waals surface area contributed by atoms with Crippen LogP contribution in [-0.4, -0.2) is 21.4 Å². The van der Waals surface area contributed by atoms with Gasteiger partial charge in [0.1, 0.15) is 0 Å². The van der Waals surface area contributed by atoms with Gasteiger partial charge < -0.3 is 10.2 Å². The number of rotatable bonds is 4. The first-order valence-corrected chi connectivity index (χ1v) is 9.10. The third kappa shape index (κ3) is 3.91. The van der Waals surface area contributed by atoms with E-state index in [2.05, 4.69) is 24.3 Å². The van der Waals surface area contributed by atoms with Gasteiger partial charge in [-0.2, -0.15) is 0 Å². The van der Waals surface area contributed by atoms with Gasteiger partial charge in [0.25, 0.3) is 0 Å². The molecule has 2 fully saturated rings. The fourth-order valence-electron chi connectivity index (χ4n) is 4.38. The van der Waals surface area contributed by atoms with Crippen molar-refractivity contribution in [3.05, 3.63) is 35.4 Å². The molecule has 2 saturated carbocycles. The molecule has 1 aromatic rings. The van der Waals surface area contributed by atoms with Crippen LogP contribution in [0.1, 0.15) is 75.3 Å². The second-order valence-electron chi connectivity index (χ2n) is 7.69. The molecule has 0 heterocycles. The maximum Gasteiger partial charge on any atom is 0.0688 e. The van der Waals surface area contributed by atoms with Crippen molar-refractivity contribution in [1.82, 2.24) is 0 Å². The molecule has 0 spiro atoms. The Balaban J connectivity index is 1.74. The molecule has 2 aliphatic rings. The molecule has 2 aliphatic carbocycles. The lowest BCUT2D eigenvalue weighted by molar-refractivity contribution is -0.000944. The monoisotopic (exact) mass is 302 g/mol. The van der Waals surface area contributed by atoms with Crippen LogP contribution < -0.4 is 0 Å². The highest BCUT2D eigenvalue weighted by Crippen LogP contribution is 2.35. The summed E-state index contributed by atoms with van der Waals surface area (Å²) < 4.78 is 0. The molecule has 0 atom stereocenters. The Morgan fingerprint density at radius 1 is 0.636 bits per heavy atom. The van der Waals surface area contributed by atoms with Gasteiger partial charge in [-0.15, -0.1) is 0 Å². The topological polar surface area (TPSA) is 40.5 Å². The molecule has 0 aromatic heterocycles. The van der Waals surface area contributed by atoms with Gasteiger partial charge in [-0.3, -0.25) is 0 Å². The van der Waals surface area contributed by atoms with Crippen molar-refractivity contribution in [1.29, 1.82) is 0 Å². The Bertz CT molecular complexity index is 437. The summed E-state index contributed by atoms with van der Waals surface area (Å²) >= 11 is 0. The Labute approximate surface area is 134 Å². The summed E-state index contributed by atoms with van der Waals surface area (Å²) in [5, 5.41) is 21.7. The fourth-order valence-corrected chi connectivity index (χ4v) is 4.38. The van der Waals surface area contributed by atoms with E-state index in [-0.39, 0.29) is 0 Å². The molecule has 0 amide bonds. The largest absolute Gasteiger partial charge is 0.390 e. The normalized spacial score (nSPS) is 24.1. The van der Waals surface area contributed by atoms with Crippen molar-refractivity contribution in [3.63, 3.8) is 0 Å². The van der Waals surface area contributed by atoms with Gasteiger partial charge in [0.05, 0.1) is 11.2 Å². The van der Waals surface area contributed by atoms with Crippen molar-refractivity contribution in [2.24, 2.45) is 0 Å². The predicted octanol–water partition coefficient (Wildman–Crippen LogP) is 4.16. The summed E-state index contributed by atoms with van der Waals surface area (Å²) in [6.07, 6.45) is 12.3. The number of hydrogen-bond acceptors (Lipinski definition) is 2. The molecule has 122 valence electrons. The number of hydrogen-bond donors (Lipinski definition) is 2. The quantitative estimate of drug-likeness (QED) is 0.876. The van der Waals surface area contributed by atoms with E-state index in [1.165, 1.54) is 24.0 Å². The Morgan fingerprint density at radius 2 is 1.00 bits per heavy atom. The summed E-state index contributed by atoms with van der Waals surface area (Å²) in [7, 11) is 0. The fraction of sp³-hybridized carbons (Fsp3) is 0.700. The van der Waals surface area contributed by atoms with Crippen LogP contribution in [0.4, 0.5) is 0 Å². The predicted molar refractivity (Wildman–Crippen MR) is 89.9 cm³/mol. The Kier molecular flexibility index (Phi) is 4.89. The first-order chi connectivity index (χ1) is 10.6.